The van der Waals surface area contributed by atoms with Crippen molar-refractivity contribution in [3.8, 4) is 0 Å². The molecule has 0 N–H and O–H groups in total. The lowest BCUT2D eigenvalue weighted by Gasteiger charge is -2.57. The van der Waals surface area contributed by atoms with Gasteiger partial charge < -0.3 is 19.2 Å². The molecule has 1 aromatic rings. The molecule has 1 aromatic heterocycles. The number of piperidine rings is 3. The van der Waals surface area contributed by atoms with Gasteiger partial charge in [0.25, 0.3) is 5.91 Å². The molecule has 0 aromatic carbocycles. The van der Waals surface area contributed by atoms with Crippen LogP contribution < -0.4 is 0 Å². The van der Waals surface area contributed by atoms with Crippen LogP contribution in [0.5, 0.6) is 0 Å². The first-order valence-corrected chi connectivity index (χ1v) is 10.0. The van der Waals surface area contributed by atoms with Crippen LogP contribution in [-0.4, -0.2) is 77.5 Å². The summed E-state index contributed by atoms with van der Waals surface area (Å²) in [6, 6.07) is 0.460. The van der Waals surface area contributed by atoms with Crippen LogP contribution in [0.3, 0.4) is 0 Å². The molecule has 7 nitrogen and oxygen atoms in total. The van der Waals surface area contributed by atoms with Crippen LogP contribution in [0.2, 0.25) is 0 Å². The Labute approximate surface area is 160 Å². The Hall–Kier alpha value is -1.89. The third-order valence-corrected chi connectivity index (χ3v) is 6.58. The van der Waals surface area contributed by atoms with Crippen LogP contribution in [0.25, 0.3) is 0 Å². The molecule has 148 valence electrons. The Morgan fingerprint density at radius 1 is 1.26 bits per heavy atom. The SMILES string of the molecule is Cc1noc(C)c1C(=O)N1C[C@H]2C[C@@H](C1)[C@H](CN(C)C)N1C(=O)CCC[C@@H]21. The van der Waals surface area contributed by atoms with E-state index >= 15 is 0 Å². The maximum absolute atomic E-state index is 13.2. The zero-order valence-corrected chi connectivity index (χ0v) is 16.8. The van der Waals surface area contributed by atoms with E-state index in [2.05, 4.69) is 29.1 Å². The summed E-state index contributed by atoms with van der Waals surface area (Å²) in [4.78, 5) is 32.3. The minimum atomic E-state index is 0.0279. The van der Waals surface area contributed by atoms with Crippen LogP contribution in [0.4, 0.5) is 0 Å². The van der Waals surface area contributed by atoms with Crippen molar-refractivity contribution in [2.24, 2.45) is 11.8 Å². The first kappa shape index (κ1) is 18.5. The smallest absolute Gasteiger partial charge is 0.259 e. The Balaban J connectivity index is 1.62. The molecule has 2 amide bonds. The Morgan fingerprint density at radius 3 is 2.67 bits per heavy atom. The van der Waals surface area contributed by atoms with Gasteiger partial charge in [-0.2, -0.15) is 0 Å². The Morgan fingerprint density at radius 2 is 2.00 bits per heavy atom. The predicted octanol–water partition coefficient (Wildman–Crippen LogP) is 1.69. The second kappa shape index (κ2) is 6.93. The molecule has 7 heteroatoms. The molecule has 27 heavy (non-hydrogen) atoms. The van der Waals surface area contributed by atoms with Gasteiger partial charge in [-0.15, -0.1) is 0 Å². The minimum Gasteiger partial charge on any atom is -0.361 e. The van der Waals surface area contributed by atoms with E-state index in [1.54, 1.807) is 6.92 Å². The number of nitrogens with zero attached hydrogens (tertiary/aromatic N) is 4. The van der Waals surface area contributed by atoms with E-state index in [1.165, 1.54) is 0 Å². The summed E-state index contributed by atoms with van der Waals surface area (Å²) >= 11 is 0. The first-order chi connectivity index (χ1) is 12.9. The summed E-state index contributed by atoms with van der Waals surface area (Å²) in [5.74, 6) is 1.62. The third-order valence-electron chi connectivity index (χ3n) is 6.58. The van der Waals surface area contributed by atoms with Gasteiger partial charge in [0.05, 0.1) is 5.69 Å². The van der Waals surface area contributed by atoms with Crippen molar-refractivity contribution in [2.75, 3.05) is 33.7 Å². The topological polar surface area (TPSA) is 69.9 Å². The fourth-order valence-corrected chi connectivity index (χ4v) is 5.50. The monoisotopic (exact) mass is 374 g/mol. The fraction of sp³-hybridized carbons (Fsp3) is 0.750. The average molecular weight is 374 g/mol. The van der Waals surface area contributed by atoms with E-state index in [0.29, 0.717) is 47.7 Å². The number of likely N-dealkylation sites (N-methyl/N-ethyl adjacent to an activating group) is 1. The molecule has 2 bridgehead atoms. The summed E-state index contributed by atoms with van der Waals surface area (Å²) in [6.07, 6.45) is 3.80. The van der Waals surface area contributed by atoms with Crippen molar-refractivity contribution >= 4 is 11.8 Å². The molecule has 4 heterocycles. The van der Waals surface area contributed by atoms with Crippen LogP contribution in [0.1, 0.15) is 47.5 Å². The third kappa shape index (κ3) is 3.16. The highest BCUT2D eigenvalue weighted by Crippen LogP contribution is 2.42. The van der Waals surface area contributed by atoms with E-state index < -0.39 is 0 Å². The van der Waals surface area contributed by atoms with Gasteiger partial charge >= 0.3 is 0 Å². The molecule has 0 saturated carbocycles. The predicted molar refractivity (Wildman–Crippen MR) is 100 cm³/mol. The molecule has 4 atom stereocenters. The Kier molecular flexibility index (Phi) is 4.74. The van der Waals surface area contributed by atoms with Crippen molar-refractivity contribution in [3.05, 3.63) is 17.0 Å². The molecule has 3 fully saturated rings. The number of carbonyl (C=O) groups excluding carboxylic acids is 2. The summed E-state index contributed by atoms with van der Waals surface area (Å²) < 4.78 is 5.22. The number of hydrogen-bond donors (Lipinski definition) is 0. The van der Waals surface area contributed by atoms with E-state index in [4.69, 9.17) is 4.52 Å². The van der Waals surface area contributed by atoms with Gasteiger partial charge in [0.1, 0.15) is 11.3 Å². The zero-order chi connectivity index (χ0) is 19.3. The Bertz CT molecular complexity index is 724. The quantitative estimate of drug-likeness (QED) is 0.805. The van der Waals surface area contributed by atoms with E-state index in [-0.39, 0.29) is 18.0 Å². The highest BCUT2D eigenvalue weighted by atomic mass is 16.5. The zero-order valence-electron chi connectivity index (χ0n) is 16.8. The van der Waals surface area contributed by atoms with Crippen molar-refractivity contribution in [3.63, 3.8) is 0 Å². The van der Waals surface area contributed by atoms with Crippen molar-refractivity contribution in [1.82, 2.24) is 19.9 Å². The molecule has 3 aliphatic rings. The van der Waals surface area contributed by atoms with E-state index in [9.17, 15) is 9.59 Å². The van der Waals surface area contributed by atoms with Gasteiger partial charge in [-0.1, -0.05) is 5.16 Å². The van der Waals surface area contributed by atoms with Crippen molar-refractivity contribution < 1.29 is 14.1 Å². The van der Waals surface area contributed by atoms with Gasteiger partial charge in [-0.25, -0.2) is 0 Å². The van der Waals surface area contributed by atoms with Gasteiger partial charge in [-0.3, -0.25) is 9.59 Å². The molecule has 4 rings (SSSR count). The summed E-state index contributed by atoms with van der Waals surface area (Å²) in [7, 11) is 4.12. The lowest BCUT2D eigenvalue weighted by atomic mass is 9.71. The number of hydrogen-bond acceptors (Lipinski definition) is 5. The lowest BCUT2D eigenvalue weighted by molar-refractivity contribution is -0.152. The number of aryl methyl sites for hydroxylation is 2. The number of fused-ring (bicyclic) bond motifs is 4. The molecule has 0 aliphatic carbocycles. The van der Waals surface area contributed by atoms with Crippen molar-refractivity contribution in [1.29, 1.82) is 0 Å². The lowest BCUT2D eigenvalue weighted by Crippen LogP contribution is -2.67. The van der Waals surface area contributed by atoms with Gasteiger partial charge in [0, 0.05) is 38.1 Å². The highest BCUT2D eigenvalue weighted by molar-refractivity contribution is 5.96. The van der Waals surface area contributed by atoms with E-state index in [1.807, 2.05) is 11.8 Å². The maximum Gasteiger partial charge on any atom is 0.259 e. The molecule has 0 unspecified atom stereocenters. The normalized spacial score (nSPS) is 30.6. The largest absolute Gasteiger partial charge is 0.361 e. The molecular weight excluding hydrogens is 344 g/mol. The highest BCUT2D eigenvalue weighted by Gasteiger charge is 2.50. The van der Waals surface area contributed by atoms with Crippen LogP contribution in [0, 0.1) is 25.7 Å². The van der Waals surface area contributed by atoms with Gasteiger partial charge in [-0.05, 0) is 59.0 Å². The van der Waals surface area contributed by atoms with Gasteiger partial charge in [0.2, 0.25) is 5.91 Å². The van der Waals surface area contributed by atoms with E-state index in [0.717, 1.165) is 32.4 Å². The number of rotatable bonds is 3. The second-order valence-electron chi connectivity index (χ2n) is 8.76. The summed E-state index contributed by atoms with van der Waals surface area (Å²) in [5.41, 5.74) is 1.27. The van der Waals surface area contributed by atoms with Gasteiger partial charge in [0.15, 0.2) is 0 Å². The molecule has 3 aliphatic heterocycles. The summed E-state index contributed by atoms with van der Waals surface area (Å²) in [5, 5.41) is 3.95. The number of amides is 2. The molecule has 3 saturated heterocycles. The van der Waals surface area contributed by atoms with Crippen molar-refractivity contribution in [2.45, 2.75) is 51.6 Å². The maximum atomic E-state index is 13.2. The fourth-order valence-electron chi connectivity index (χ4n) is 5.50. The van der Waals surface area contributed by atoms with Crippen LogP contribution in [-0.2, 0) is 4.79 Å². The first-order valence-electron chi connectivity index (χ1n) is 10.0. The number of likely N-dealkylation sites (tertiary alicyclic amines) is 1. The molecular formula is C20H30N4O3. The summed E-state index contributed by atoms with van der Waals surface area (Å²) in [6.45, 7) is 5.91. The van der Waals surface area contributed by atoms with Crippen LogP contribution >= 0.6 is 0 Å². The number of aromatic nitrogens is 1. The minimum absolute atomic E-state index is 0.0279. The standard InChI is InChI=1S/C20H30N4O3/c1-12-19(13(2)27-21-12)20(26)23-9-14-8-15(10-23)17(11-22(3)4)24-16(14)6-5-7-18(24)25/h14-17H,5-11H2,1-4H3/t14-,15+,16+,17+/m1/s1. The average Bonchev–Trinajstić information content (AvgIpc) is 2.96. The molecule has 0 spiro atoms. The van der Waals surface area contributed by atoms with Crippen LogP contribution in [0.15, 0.2) is 4.52 Å². The molecule has 0 radical (unpaired) electrons. The second-order valence-corrected chi connectivity index (χ2v) is 8.76. The number of carbonyl (C=O) groups is 2.